The molecule has 0 unspecified atom stereocenters. The summed E-state index contributed by atoms with van der Waals surface area (Å²) in [5, 5.41) is 12.4. The Bertz CT molecular complexity index is 1280. The minimum absolute atomic E-state index is 0.0229. The van der Waals surface area contributed by atoms with Gasteiger partial charge in [-0.1, -0.05) is 47.5 Å². The fraction of sp³-hybridized carbons (Fsp3) is 0.0435. The van der Waals surface area contributed by atoms with E-state index in [-0.39, 0.29) is 26.8 Å². The zero-order valence-electron chi connectivity index (χ0n) is 16.4. The first-order valence-electron chi connectivity index (χ1n) is 9.07. The van der Waals surface area contributed by atoms with Gasteiger partial charge in [0.25, 0.3) is 5.91 Å². The molecule has 0 aliphatic heterocycles. The Morgan fingerprint density at radius 3 is 2.39 bits per heavy atom. The average molecular weight is 453 g/mol. The molecule has 0 aliphatic rings. The second-order valence-electron chi connectivity index (χ2n) is 6.52. The average Bonchev–Trinajstić information content (AvgIpc) is 2.74. The van der Waals surface area contributed by atoms with E-state index < -0.39 is 16.0 Å². The minimum atomic E-state index is -4.13. The van der Waals surface area contributed by atoms with Gasteiger partial charge in [-0.3, -0.25) is 4.79 Å². The summed E-state index contributed by atoms with van der Waals surface area (Å²) in [6.45, 7) is 1.84. The number of halogens is 1. The number of nitrogens with zero attached hydrogens (tertiary/aromatic N) is 1. The Balaban J connectivity index is 1.94. The summed E-state index contributed by atoms with van der Waals surface area (Å²) in [7, 11) is -4.13. The fourth-order valence-electron chi connectivity index (χ4n) is 2.60. The van der Waals surface area contributed by atoms with Crippen molar-refractivity contribution in [2.45, 2.75) is 11.8 Å². The molecule has 3 rings (SSSR count). The van der Waals surface area contributed by atoms with Crippen molar-refractivity contribution in [3.05, 3.63) is 94.5 Å². The summed E-state index contributed by atoms with van der Waals surface area (Å²) in [4.78, 5) is 12.5. The van der Waals surface area contributed by atoms with Gasteiger partial charge in [0.2, 0.25) is 0 Å². The highest BCUT2D eigenvalue weighted by molar-refractivity contribution is 7.87. The molecule has 0 saturated heterocycles. The van der Waals surface area contributed by atoms with Crippen molar-refractivity contribution in [1.82, 2.24) is 0 Å². The van der Waals surface area contributed by atoms with E-state index in [0.29, 0.717) is 5.69 Å². The normalized spacial score (nSPS) is 11.5. The fourth-order valence-corrected chi connectivity index (χ4v) is 3.74. The van der Waals surface area contributed by atoms with Crippen LogP contribution in [0.25, 0.3) is 6.08 Å². The molecule has 156 valence electrons. The van der Waals surface area contributed by atoms with Crippen LogP contribution >= 0.6 is 11.6 Å². The molecule has 0 heterocycles. The number of nitrogens with one attached hydrogen (secondary N) is 1. The predicted molar refractivity (Wildman–Crippen MR) is 119 cm³/mol. The molecule has 1 amide bonds. The number of hydrogen-bond acceptors (Lipinski definition) is 5. The molecule has 0 radical (unpaired) electrons. The molecular formula is C23H17ClN2O4S. The van der Waals surface area contributed by atoms with Crippen LogP contribution < -0.4 is 9.50 Å². The molecule has 0 fully saturated rings. The van der Waals surface area contributed by atoms with Crippen molar-refractivity contribution in [3.63, 3.8) is 0 Å². The van der Waals surface area contributed by atoms with Crippen LogP contribution in [0.4, 0.5) is 5.69 Å². The quantitative estimate of drug-likeness (QED) is 0.324. The van der Waals surface area contributed by atoms with Crippen molar-refractivity contribution in [2.75, 3.05) is 5.32 Å². The topological polar surface area (TPSA) is 96.3 Å². The number of aryl methyl sites for hydroxylation is 1. The second-order valence-corrected chi connectivity index (χ2v) is 8.51. The van der Waals surface area contributed by atoms with E-state index in [0.717, 1.165) is 5.56 Å². The van der Waals surface area contributed by atoms with Crippen molar-refractivity contribution >= 4 is 39.4 Å². The van der Waals surface area contributed by atoms with E-state index in [1.807, 2.05) is 13.0 Å². The zero-order valence-corrected chi connectivity index (χ0v) is 17.9. The van der Waals surface area contributed by atoms with Crippen LogP contribution in [-0.2, 0) is 14.9 Å². The second kappa shape index (κ2) is 9.47. The Labute approximate surface area is 185 Å². The monoisotopic (exact) mass is 452 g/mol. The molecule has 0 bridgehead atoms. The van der Waals surface area contributed by atoms with Crippen LogP contribution in [0.15, 0.2) is 83.3 Å². The third kappa shape index (κ3) is 5.72. The first kappa shape index (κ1) is 22.1. The summed E-state index contributed by atoms with van der Waals surface area (Å²) in [6, 6.07) is 20.8. The molecule has 0 atom stereocenters. The van der Waals surface area contributed by atoms with Crippen LogP contribution in [0.1, 0.15) is 11.1 Å². The number of hydrogen-bond donors (Lipinski definition) is 1. The molecule has 0 saturated carbocycles. The highest BCUT2D eigenvalue weighted by Crippen LogP contribution is 2.28. The van der Waals surface area contributed by atoms with Gasteiger partial charge in [-0.05, 0) is 55.5 Å². The number of benzene rings is 3. The Hall–Kier alpha value is -3.60. The number of carbonyl (C=O) groups is 1. The van der Waals surface area contributed by atoms with Crippen molar-refractivity contribution in [3.8, 4) is 11.8 Å². The Morgan fingerprint density at radius 1 is 1.06 bits per heavy atom. The van der Waals surface area contributed by atoms with Crippen molar-refractivity contribution < 1.29 is 17.4 Å². The first-order chi connectivity index (χ1) is 14.8. The number of amides is 1. The third-order valence-electron chi connectivity index (χ3n) is 4.18. The van der Waals surface area contributed by atoms with E-state index in [1.54, 1.807) is 42.5 Å². The first-order valence-corrected chi connectivity index (χ1v) is 10.9. The van der Waals surface area contributed by atoms with Crippen LogP contribution in [0.3, 0.4) is 0 Å². The molecule has 1 N–H and O–H groups in total. The van der Waals surface area contributed by atoms with Crippen LogP contribution in [0.2, 0.25) is 5.02 Å². The molecule has 3 aromatic carbocycles. The third-order valence-corrected chi connectivity index (χ3v) is 5.66. The van der Waals surface area contributed by atoms with Crippen LogP contribution in [0, 0.1) is 18.3 Å². The van der Waals surface area contributed by atoms with Gasteiger partial charge in [0.05, 0.1) is 0 Å². The Morgan fingerprint density at radius 2 is 1.74 bits per heavy atom. The van der Waals surface area contributed by atoms with E-state index in [2.05, 4.69) is 5.32 Å². The van der Waals surface area contributed by atoms with Gasteiger partial charge in [-0.15, -0.1) is 0 Å². The number of rotatable bonds is 6. The number of para-hydroxylation sites is 1. The van der Waals surface area contributed by atoms with Crippen molar-refractivity contribution in [1.29, 1.82) is 5.26 Å². The summed E-state index contributed by atoms with van der Waals surface area (Å²) in [5.74, 6) is -0.716. The van der Waals surface area contributed by atoms with Gasteiger partial charge in [0, 0.05) is 16.3 Å². The summed E-state index contributed by atoms with van der Waals surface area (Å²) >= 11 is 6.04. The van der Waals surface area contributed by atoms with Gasteiger partial charge in [0.15, 0.2) is 0 Å². The van der Waals surface area contributed by atoms with Gasteiger partial charge >= 0.3 is 10.1 Å². The molecule has 6 nitrogen and oxygen atoms in total. The number of nitriles is 1. The standard InChI is InChI=1S/C23H17ClN2O4S/c1-16-7-10-21(11-8-16)31(28,29)30-22-12-9-19(24)14-17(22)13-18(15-25)23(27)26-20-5-3-2-4-6-20/h2-14H,1H3,(H,26,27)/b18-13+. The van der Waals surface area contributed by atoms with Crippen LogP contribution in [-0.4, -0.2) is 14.3 Å². The van der Waals surface area contributed by atoms with E-state index in [9.17, 15) is 18.5 Å². The number of carbonyl (C=O) groups excluding carboxylic acids is 1. The summed E-state index contributed by atoms with van der Waals surface area (Å²) in [5.41, 5.74) is 1.34. The SMILES string of the molecule is Cc1ccc(S(=O)(=O)Oc2ccc(Cl)cc2/C=C(\C#N)C(=O)Nc2ccccc2)cc1. The lowest BCUT2D eigenvalue weighted by Gasteiger charge is -2.11. The Kier molecular flexibility index (Phi) is 6.75. The minimum Gasteiger partial charge on any atom is -0.378 e. The molecule has 31 heavy (non-hydrogen) atoms. The largest absolute Gasteiger partial charge is 0.378 e. The zero-order chi connectivity index (χ0) is 22.4. The highest BCUT2D eigenvalue weighted by atomic mass is 35.5. The molecule has 3 aromatic rings. The highest BCUT2D eigenvalue weighted by Gasteiger charge is 2.19. The maximum atomic E-state index is 12.7. The maximum absolute atomic E-state index is 12.7. The van der Waals surface area contributed by atoms with E-state index >= 15 is 0 Å². The van der Waals surface area contributed by atoms with Gasteiger partial charge < -0.3 is 9.50 Å². The molecule has 0 aliphatic carbocycles. The maximum Gasteiger partial charge on any atom is 0.339 e. The van der Waals surface area contributed by atoms with E-state index in [1.165, 1.54) is 36.4 Å². The molecule has 0 spiro atoms. The summed E-state index contributed by atoms with van der Waals surface area (Å²) < 4.78 is 30.6. The lowest BCUT2D eigenvalue weighted by Crippen LogP contribution is -2.14. The summed E-state index contributed by atoms with van der Waals surface area (Å²) in [6.07, 6.45) is 1.23. The number of anilines is 1. The van der Waals surface area contributed by atoms with Crippen LogP contribution in [0.5, 0.6) is 5.75 Å². The molecular weight excluding hydrogens is 436 g/mol. The van der Waals surface area contributed by atoms with E-state index in [4.69, 9.17) is 15.8 Å². The van der Waals surface area contributed by atoms with Gasteiger partial charge in [-0.2, -0.15) is 13.7 Å². The molecule has 0 aromatic heterocycles. The predicted octanol–water partition coefficient (Wildman–Crippen LogP) is 4.96. The lowest BCUT2D eigenvalue weighted by atomic mass is 10.1. The molecule has 8 heteroatoms. The lowest BCUT2D eigenvalue weighted by molar-refractivity contribution is -0.112. The van der Waals surface area contributed by atoms with Crippen molar-refractivity contribution in [2.24, 2.45) is 0 Å². The van der Waals surface area contributed by atoms with Gasteiger partial charge in [0.1, 0.15) is 22.3 Å². The smallest absolute Gasteiger partial charge is 0.339 e. The van der Waals surface area contributed by atoms with Gasteiger partial charge in [-0.25, -0.2) is 0 Å².